The topological polar surface area (TPSA) is 67.4 Å². The fraction of sp³-hybridized carbons (Fsp3) is 0.190. The van der Waals surface area contributed by atoms with Crippen molar-refractivity contribution < 1.29 is 22.7 Å². The molecule has 3 aromatic rings. The number of nitrogens with zero attached hydrogens (tertiary/aromatic N) is 3. The van der Waals surface area contributed by atoms with Crippen LogP contribution in [0.15, 0.2) is 54.9 Å². The summed E-state index contributed by atoms with van der Waals surface area (Å²) < 4.78 is 44.7. The van der Waals surface area contributed by atoms with Gasteiger partial charge in [-0.2, -0.15) is 13.2 Å². The average Bonchev–Trinajstić information content (AvgIpc) is 2.72. The molecule has 0 saturated carbocycles. The number of nitrogens with one attached hydrogen (secondary N) is 1. The van der Waals surface area contributed by atoms with Gasteiger partial charge in [-0.3, -0.25) is 9.88 Å². The summed E-state index contributed by atoms with van der Waals surface area (Å²) in [7, 11) is 0. The minimum Gasteiger partial charge on any atom is -0.488 e. The normalized spacial score (nSPS) is 13.4. The van der Waals surface area contributed by atoms with Crippen LogP contribution in [0.25, 0.3) is 11.3 Å². The maximum absolute atomic E-state index is 13.1. The molecule has 0 atom stereocenters. The van der Waals surface area contributed by atoms with E-state index >= 15 is 0 Å². The lowest BCUT2D eigenvalue weighted by atomic mass is 10.1. The van der Waals surface area contributed by atoms with Crippen LogP contribution in [0.2, 0.25) is 0 Å². The molecule has 2 amide bonds. The number of urea groups is 1. The van der Waals surface area contributed by atoms with Gasteiger partial charge in [-0.1, -0.05) is 12.1 Å². The van der Waals surface area contributed by atoms with E-state index in [4.69, 9.17) is 4.74 Å². The van der Waals surface area contributed by atoms with Crippen molar-refractivity contribution in [1.29, 1.82) is 0 Å². The lowest BCUT2D eigenvalue weighted by molar-refractivity contribution is -0.137. The Balaban J connectivity index is 1.66. The van der Waals surface area contributed by atoms with E-state index in [0.29, 0.717) is 22.7 Å². The van der Waals surface area contributed by atoms with E-state index in [0.717, 1.165) is 17.7 Å². The van der Waals surface area contributed by atoms with Gasteiger partial charge in [0, 0.05) is 11.8 Å². The van der Waals surface area contributed by atoms with Crippen LogP contribution >= 0.6 is 0 Å². The number of anilines is 2. The minimum atomic E-state index is -4.46. The number of carbonyl (C=O) groups is 1. The maximum Gasteiger partial charge on any atom is 0.416 e. The summed E-state index contributed by atoms with van der Waals surface area (Å²) in [5.74, 6) is 0.628. The smallest absolute Gasteiger partial charge is 0.416 e. The van der Waals surface area contributed by atoms with Gasteiger partial charge in [-0.05, 0) is 42.8 Å². The van der Waals surface area contributed by atoms with Gasteiger partial charge in [0.25, 0.3) is 0 Å². The highest BCUT2D eigenvalue weighted by Crippen LogP contribution is 2.35. The van der Waals surface area contributed by atoms with E-state index in [-0.39, 0.29) is 19.0 Å². The second-order valence-electron chi connectivity index (χ2n) is 6.78. The molecule has 1 aliphatic heterocycles. The summed E-state index contributed by atoms with van der Waals surface area (Å²) in [6.07, 6.45) is -1.26. The van der Waals surface area contributed by atoms with E-state index < -0.39 is 17.8 Å². The van der Waals surface area contributed by atoms with Crippen molar-refractivity contribution in [3.05, 3.63) is 66.0 Å². The summed E-state index contributed by atoms with van der Waals surface area (Å²) in [6.45, 7) is 2.38. The zero-order valence-electron chi connectivity index (χ0n) is 15.9. The van der Waals surface area contributed by atoms with Gasteiger partial charge < -0.3 is 10.1 Å². The summed E-state index contributed by atoms with van der Waals surface area (Å²) in [4.78, 5) is 22.7. The van der Waals surface area contributed by atoms with Gasteiger partial charge in [-0.15, -0.1) is 0 Å². The predicted octanol–water partition coefficient (Wildman–Crippen LogP) is 4.90. The number of aryl methyl sites for hydroxylation is 1. The Morgan fingerprint density at radius 2 is 2.00 bits per heavy atom. The molecule has 4 rings (SSSR count). The number of aromatic nitrogens is 2. The highest BCUT2D eigenvalue weighted by Gasteiger charge is 2.31. The molecule has 30 heavy (non-hydrogen) atoms. The molecule has 0 spiro atoms. The molecule has 9 heteroatoms. The molecule has 0 bridgehead atoms. The SMILES string of the molecule is Cc1cncc(NC(=O)N2CCOc3ccc(-c4cccc(C(F)(F)F)c4)nc32)c1. The fourth-order valence-electron chi connectivity index (χ4n) is 3.12. The number of amides is 2. The second kappa shape index (κ2) is 7.66. The first kappa shape index (κ1) is 19.7. The van der Waals surface area contributed by atoms with Gasteiger partial charge in [-0.25, -0.2) is 9.78 Å². The van der Waals surface area contributed by atoms with Gasteiger partial charge in [0.2, 0.25) is 0 Å². The van der Waals surface area contributed by atoms with E-state index in [2.05, 4.69) is 15.3 Å². The van der Waals surface area contributed by atoms with Gasteiger partial charge in [0.1, 0.15) is 6.61 Å². The Labute approximate surface area is 170 Å². The van der Waals surface area contributed by atoms with Gasteiger partial charge in [0.05, 0.1) is 29.7 Å². The lowest BCUT2D eigenvalue weighted by Gasteiger charge is -2.28. The van der Waals surface area contributed by atoms with E-state index in [1.807, 2.05) is 6.92 Å². The molecular formula is C21H17F3N4O2. The summed E-state index contributed by atoms with van der Waals surface area (Å²) in [6, 6.07) is 9.41. The number of ether oxygens (including phenoxy) is 1. The Morgan fingerprint density at radius 1 is 1.17 bits per heavy atom. The summed E-state index contributed by atoms with van der Waals surface area (Å²) in [5, 5.41) is 2.76. The van der Waals surface area contributed by atoms with Crippen LogP contribution in [0.4, 0.5) is 29.5 Å². The molecule has 0 saturated heterocycles. The van der Waals surface area contributed by atoms with Crippen molar-refractivity contribution in [2.75, 3.05) is 23.4 Å². The van der Waals surface area contributed by atoms with Crippen molar-refractivity contribution in [3.8, 4) is 17.0 Å². The van der Waals surface area contributed by atoms with E-state index in [9.17, 15) is 18.0 Å². The Bertz CT molecular complexity index is 1100. The Morgan fingerprint density at radius 3 is 2.77 bits per heavy atom. The predicted molar refractivity (Wildman–Crippen MR) is 106 cm³/mol. The van der Waals surface area contributed by atoms with Gasteiger partial charge in [0.15, 0.2) is 11.6 Å². The number of carbonyl (C=O) groups excluding carboxylic acids is 1. The molecule has 3 heterocycles. The molecule has 6 nitrogen and oxygen atoms in total. The molecule has 0 radical (unpaired) electrons. The third kappa shape index (κ3) is 4.05. The van der Waals surface area contributed by atoms with Crippen LogP contribution in [0.3, 0.4) is 0 Å². The third-order valence-corrected chi connectivity index (χ3v) is 4.52. The maximum atomic E-state index is 13.1. The van der Waals surface area contributed by atoms with Crippen LogP contribution < -0.4 is 15.0 Å². The Kier molecular flexibility index (Phi) is 5.03. The number of fused-ring (bicyclic) bond motifs is 1. The van der Waals surface area contributed by atoms with Crippen molar-refractivity contribution in [2.45, 2.75) is 13.1 Å². The zero-order chi connectivity index (χ0) is 21.3. The van der Waals surface area contributed by atoms with Crippen molar-refractivity contribution >= 4 is 17.5 Å². The monoisotopic (exact) mass is 414 g/mol. The van der Waals surface area contributed by atoms with Crippen molar-refractivity contribution in [2.24, 2.45) is 0 Å². The molecule has 0 unspecified atom stereocenters. The Hall–Kier alpha value is -3.62. The number of alkyl halides is 3. The van der Waals surface area contributed by atoms with Crippen LogP contribution in [0.5, 0.6) is 5.75 Å². The summed E-state index contributed by atoms with van der Waals surface area (Å²) in [5.41, 5.74) is 1.25. The van der Waals surface area contributed by atoms with Gasteiger partial charge >= 0.3 is 12.2 Å². The molecule has 1 N–H and O–H groups in total. The number of halogens is 3. The van der Waals surface area contributed by atoms with Crippen molar-refractivity contribution in [3.63, 3.8) is 0 Å². The number of pyridine rings is 2. The first-order valence-corrected chi connectivity index (χ1v) is 9.13. The van der Waals surface area contributed by atoms with Crippen LogP contribution in [-0.2, 0) is 6.18 Å². The fourth-order valence-corrected chi connectivity index (χ4v) is 3.12. The average molecular weight is 414 g/mol. The largest absolute Gasteiger partial charge is 0.488 e. The number of hydrogen-bond donors (Lipinski definition) is 1. The highest BCUT2D eigenvalue weighted by molar-refractivity contribution is 6.02. The molecule has 0 fully saturated rings. The lowest BCUT2D eigenvalue weighted by Crippen LogP contribution is -2.41. The van der Waals surface area contributed by atoms with Crippen LogP contribution in [-0.4, -0.2) is 29.2 Å². The first-order valence-electron chi connectivity index (χ1n) is 9.13. The highest BCUT2D eigenvalue weighted by atomic mass is 19.4. The molecule has 1 aromatic carbocycles. The first-order chi connectivity index (χ1) is 14.3. The standard InChI is InChI=1S/C21H17F3N4O2/c1-13-9-16(12-25-11-13)26-20(29)28-7-8-30-18-6-5-17(27-19(18)28)14-3-2-4-15(10-14)21(22,23)24/h2-6,9-12H,7-8H2,1H3,(H,26,29). The number of hydrogen-bond acceptors (Lipinski definition) is 4. The quantitative estimate of drug-likeness (QED) is 0.648. The number of benzene rings is 1. The summed E-state index contributed by atoms with van der Waals surface area (Å²) >= 11 is 0. The molecular weight excluding hydrogens is 397 g/mol. The molecule has 154 valence electrons. The van der Waals surface area contributed by atoms with Crippen molar-refractivity contribution in [1.82, 2.24) is 9.97 Å². The molecule has 1 aliphatic rings. The molecule has 0 aliphatic carbocycles. The third-order valence-electron chi connectivity index (χ3n) is 4.52. The van der Waals surface area contributed by atoms with Crippen LogP contribution in [0, 0.1) is 6.92 Å². The van der Waals surface area contributed by atoms with E-state index in [1.54, 1.807) is 24.4 Å². The molecule has 2 aromatic heterocycles. The second-order valence-corrected chi connectivity index (χ2v) is 6.78. The zero-order valence-corrected chi connectivity index (χ0v) is 15.9. The number of rotatable bonds is 2. The van der Waals surface area contributed by atoms with E-state index in [1.165, 1.54) is 23.2 Å². The van der Waals surface area contributed by atoms with Crippen LogP contribution in [0.1, 0.15) is 11.1 Å². The minimum absolute atomic E-state index is 0.245.